The van der Waals surface area contributed by atoms with E-state index in [-0.39, 0.29) is 11.3 Å². The van der Waals surface area contributed by atoms with E-state index < -0.39 is 6.61 Å². The summed E-state index contributed by atoms with van der Waals surface area (Å²) >= 11 is 0. The normalized spacial score (nSPS) is 20.2. The van der Waals surface area contributed by atoms with Crippen molar-refractivity contribution >= 4 is 28.7 Å². The summed E-state index contributed by atoms with van der Waals surface area (Å²) in [5.74, 6) is 1.35. The van der Waals surface area contributed by atoms with Crippen molar-refractivity contribution in [3.63, 3.8) is 0 Å². The Balaban J connectivity index is 1.76. The van der Waals surface area contributed by atoms with Crippen molar-refractivity contribution in [2.45, 2.75) is 32.4 Å². The predicted octanol–water partition coefficient (Wildman–Crippen LogP) is 3.35. The lowest BCUT2D eigenvalue weighted by molar-refractivity contribution is -0.0499. The molecule has 0 amide bonds. The number of hydrogen-bond acceptors (Lipinski definition) is 7. The second-order valence-corrected chi connectivity index (χ2v) is 6.98. The van der Waals surface area contributed by atoms with Crippen LogP contribution >= 0.6 is 0 Å². The number of benzene rings is 1. The maximum Gasteiger partial charge on any atom is 0.387 e. The second kappa shape index (κ2) is 7.94. The molecule has 0 saturated carbocycles. The number of allylic oxidation sites excluding steroid dienone is 1. The third-order valence-electron chi connectivity index (χ3n) is 5.10. The van der Waals surface area contributed by atoms with Crippen LogP contribution in [0.1, 0.15) is 31.2 Å². The van der Waals surface area contributed by atoms with Crippen LogP contribution in [-0.4, -0.2) is 46.1 Å². The van der Waals surface area contributed by atoms with E-state index in [0.29, 0.717) is 34.3 Å². The van der Waals surface area contributed by atoms with Gasteiger partial charge in [0.05, 0.1) is 22.2 Å². The lowest BCUT2D eigenvalue weighted by atomic mass is 10.2. The Kier molecular flexibility index (Phi) is 5.18. The summed E-state index contributed by atoms with van der Waals surface area (Å²) in [7, 11) is 0. The summed E-state index contributed by atoms with van der Waals surface area (Å²) in [4.78, 5) is 14.3. The van der Waals surface area contributed by atoms with E-state index in [1.54, 1.807) is 6.20 Å². The van der Waals surface area contributed by atoms with Crippen LogP contribution in [-0.2, 0) is 0 Å². The van der Waals surface area contributed by atoms with Gasteiger partial charge in [-0.15, -0.1) is 0 Å². The number of hydrogen-bond donors (Lipinski definition) is 3. The second-order valence-electron chi connectivity index (χ2n) is 6.98. The molecular weight excluding hydrogens is 392 g/mol. The molecule has 8 nitrogen and oxygen atoms in total. The number of halogens is 2. The number of H-pyrrole nitrogens is 1. The van der Waals surface area contributed by atoms with Gasteiger partial charge in [0.2, 0.25) is 0 Å². The average Bonchev–Trinajstić information content (AvgIpc) is 3.33. The van der Waals surface area contributed by atoms with E-state index in [2.05, 4.69) is 36.8 Å². The van der Waals surface area contributed by atoms with Crippen molar-refractivity contribution in [1.82, 2.24) is 20.2 Å². The zero-order valence-electron chi connectivity index (χ0n) is 16.1. The van der Waals surface area contributed by atoms with Gasteiger partial charge >= 0.3 is 6.61 Å². The van der Waals surface area contributed by atoms with Crippen molar-refractivity contribution in [1.29, 1.82) is 10.7 Å². The average molecular weight is 411 g/mol. The van der Waals surface area contributed by atoms with Crippen molar-refractivity contribution in [3.05, 3.63) is 41.6 Å². The number of amidine groups is 1. The Morgan fingerprint density at radius 2 is 2.30 bits per heavy atom. The van der Waals surface area contributed by atoms with Crippen molar-refractivity contribution in [3.8, 4) is 11.8 Å². The number of ether oxygens (including phenoxy) is 1. The SMILES string of the molecule is C[C@H]1CCCN1C1=N/C(=C(/C=N)c2nc3cc(C#N)c(OC(F)F)cc3[nH]2)NC=C1. The Bertz CT molecular complexity index is 1130. The molecule has 2 aliphatic rings. The maximum absolute atomic E-state index is 12.6. The lowest BCUT2D eigenvalue weighted by Crippen LogP contribution is -2.34. The van der Waals surface area contributed by atoms with Crippen LogP contribution < -0.4 is 10.1 Å². The van der Waals surface area contributed by atoms with Crippen LogP contribution in [0.3, 0.4) is 0 Å². The molecule has 0 aliphatic carbocycles. The quantitative estimate of drug-likeness (QED) is 0.668. The summed E-state index contributed by atoms with van der Waals surface area (Å²) < 4.78 is 29.7. The van der Waals surface area contributed by atoms with Crippen LogP contribution in [0.15, 0.2) is 35.2 Å². The van der Waals surface area contributed by atoms with Crippen LogP contribution in [0.25, 0.3) is 16.6 Å². The van der Waals surface area contributed by atoms with E-state index in [0.717, 1.165) is 31.4 Å². The molecule has 0 radical (unpaired) electrons. The first-order valence-corrected chi connectivity index (χ1v) is 9.42. The third-order valence-corrected chi connectivity index (χ3v) is 5.10. The topological polar surface area (TPSA) is 113 Å². The molecular formula is C20H19F2N7O. The number of fused-ring (bicyclic) bond motifs is 1. The zero-order chi connectivity index (χ0) is 21.3. The molecule has 10 heteroatoms. The minimum atomic E-state index is -3.05. The number of alkyl halides is 2. The van der Waals surface area contributed by atoms with Gasteiger partial charge in [0, 0.05) is 31.1 Å². The number of aromatic amines is 1. The molecule has 1 aromatic heterocycles. The highest BCUT2D eigenvalue weighted by Crippen LogP contribution is 2.28. The number of nitriles is 1. The summed E-state index contributed by atoms with van der Waals surface area (Å²) in [6.07, 6.45) is 6.97. The highest BCUT2D eigenvalue weighted by molar-refractivity contribution is 6.10. The van der Waals surface area contributed by atoms with Gasteiger partial charge in [0.1, 0.15) is 29.3 Å². The number of nitrogens with zero attached hydrogens (tertiary/aromatic N) is 4. The van der Waals surface area contributed by atoms with E-state index in [9.17, 15) is 14.0 Å². The lowest BCUT2D eigenvalue weighted by Gasteiger charge is -2.25. The van der Waals surface area contributed by atoms with Gasteiger partial charge < -0.3 is 25.3 Å². The largest absolute Gasteiger partial charge is 0.433 e. The fraction of sp³-hybridized carbons (Fsp3) is 0.300. The van der Waals surface area contributed by atoms with E-state index in [4.69, 9.17) is 5.41 Å². The molecule has 3 heterocycles. The van der Waals surface area contributed by atoms with Crippen LogP contribution in [0.2, 0.25) is 0 Å². The maximum atomic E-state index is 12.6. The number of aliphatic imine (C=N–C) groups is 1. The first-order chi connectivity index (χ1) is 14.5. The molecule has 30 heavy (non-hydrogen) atoms. The fourth-order valence-electron chi connectivity index (χ4n) is 3.65. The van der Waals surface area contributed by atoms with Gasteiger partial charge in [-0.2, -0.15) is 14.0 Å². The minimum absolute atomic E-state index is 0.0491. The number of nitrogens with one attached hydrogen (secondary N) is 3. The number of rotatable bonds is 4. The summed E-state index contributed by atoms with van der Waals surface area (Å²) in [5.41, 5.74) is 1.15. The summed E-state index contributed by atoms with van der Waals surface area (Å²) in [6, 6.07) is 4.89. The molecule has 1 aromatic carbocycles. The molecule has 4 rings (SSSR count). The Hall–Kier alpha value is -3.74. The van der Waals surface area contributed by atoms with Crippen LogP contribution in [0, 0.1) is 16.7 Å². The molecule has 154 valence electrons. The van der Waals surface area contributed by atoms with Crippen LogP contribution in [0.4, 0.5) is 8.78 Å². The van der Waals surface area contributed by atoms with Crippen molar-refractivity contribution in [2.24, 2.45) is 4.99 Å². The highest BCUT2D eigenvalue weighted by atomic mass is 19.3. The van der Waals surface area contributed by atoms with Gasteiger partial charge in [0.25, 0.3) is 0 Å². The van der Waals surface area contributed by atoms with Crippen molar-refractivity contribution < 1.29 is 13.5 Å². The predicted molar refractivity (Wildman–Crippen MR) is 108 cm³/mol. The number of aromatic nitrogens is 2. The first kappa shape index (κ1) is 19.6. The summed E-state index contributed by atoms with van der Waals surface area (Å²) in [5, 5.41) is 20.1. The third kappa shape index (κ3) is 3.61. The molecule has 1 saturated heterocycles. The monoisotopic (exact) mass is 411 g/mol. The molecule has 0 unspecified atom stereocenters. The smallest absolute Gasteiger partial charge is 0.387 e. The van der Waals surface area contributed by atoms with Gasteiger partial charge in [-0.05, 0) is 31.9 Å². The Labute approximate surface area is 171 Å². The van der Waals surface area contributed by atoms with Gasteiger partial charge in [-0.1, -0.05) is 0 Å². The molecule has 2 aliphatic heterocycles. The number of imidazole rings is 1. The molecule has 1 atom stereocenters. The van der Waals surface area contributed by atoms with Crippen molar-refractivity contribution in [2.75, 3.05) is 6.54 Å². The van der Waals surface area contributed by atoms with Gasteiger partial charge in [0.15, 0.2) is 0 Å². The highest BCUT2D eigenvalue weighted by Gasteiger charge is 2.24. The van der Waals surface area contributed by atoms with Gasteiger partial charge in [-0.3, -0.25) is 0 Å². The number of likely N-dealkylation sites (tertiary alicyclic amines) is 1. The molecule has 3 N–H and O–H groups in total. The Morgan fingerprint density at radius 3 is 2.97 bits per heavy atom. The molecule has 1 fully saturated rings. The summed E-state index contributed by atoms with van der Waals surface area (Å²) in [6.45, 7) is 0.0267. The minimum Gasteiger partial charge on any atom is -0.433 e. The fourth-order valence-corrected chi connectivity index (χ4v) is 3.65. The Morgan fingerprint density at radius 1 is 1.47 bits per heavy atom. The van der Waals surface area contributed by atoms with Gasteiger partial charge in [-0.25, -0.2) is 9.98 Å². The molecule has 0 spiro atoms. The zero-order valence-corrected chi connectivity index (χ0v) is 16.1. The standard InChI is InChI=1S/C20H19F2N7O/c1-11-3-2-6-29(11)17-4-5-25-18(28-17)13(10-24)19-26-14-7-12(9-23)16(30-20(21)22)8-15(14)27-19/h4-5,7-8,10-11,20,24-25H,2-3,6H2,1H3,(H,26,27)/b18-13-,24-10?/t11-/m0/s1. The van der Waals surface area contributed by atoms with E-state index in [1.165, 1.54) is 12.1 Å². The molecule has 0 bridgehead atoms. The first-order valence-electron chi connectivity index (χ1n) is 9.42. The molecule has 2 aromatic rings. The van der Waals surface area contributed by atoms with E-state index >= 15 is 0 Å². The van der Waals surface area contributed by atoms with E-state index in [1.807, 2.05) is 12.1 Å². The van der Waals surface area contributed by atoms with Crippen LogP contribution in [0.5, 0.6) is 5.75 Å².